The normalized spacial score (nSPS) is 19.6. The summed E-state index contributed by atoms with van der Waals surface area (Å²) in [5.41, 5.74) is 0.812. The van der Waals surface area contributed by atoms with Gasteiger partial charge in [-0.3, -0.25) is 0 Å². The lowest BCUT2D eigenvalue weighted by Crippen LogP contribution is -2.27. The van der Waals surface area contributed by atoms with E-state index in [4.69, 9.17) is 4.42 Å². The largest absolute Gasteiger partial charge is 0.445 e. The van der Waals surface area contributed by atoms with Crippen LogP contribution in [-0.4, -0.2) is 37.1 Å². The molecule has 0 radical (unpaired) electrons. The van der Waals surface area contributed by atoms with Gasteiger partial charge in [0, 0.05) is 19.5 Å². The maximum Gasteiger partial charge on any atom is 0.211 e. The minimum absolute atomic E-state index is 0.0176. The summed E-state index contributed by atoms with van der Waals surface area (Å²) < 4.78 is 43.4. The fourth-order valence-corrected chi connectivity index (χ4v) is 3.56. The van der Waals surface area contributed by atoms with Gasteiger partial charge in [-0.2, -0.15) is 0 Å². The molecule has 1 aliphatic heterocycles. The van der Waals surface area contributed by atoms with Gasteiger partial charge in [-0.25, -0.2) is 22.1 Å². The van der Waals surface area contributed by atoms with Crippen LogP contribution >= 0.6 is 0 Å². The summed E-state index contributed by atoms with van der Waals surface area (Å²) in [4.78, 5) is 4.25. The number of nitrogens with zero attached hydrogens (tertiary/aromatic N) is 2. The Labute approximate surface area is 128 Å². The molecule has 1 saturated heterocycles. The molecule has 2 heterocycles. The van der Waals surface area contributed by atoms with Crippen molar-refractivity contribution >= 4 is 10.0 Å². The Balaban J connectivity index is 1.70. The summed E-state index contributed by atoms with van der Waals surface area (Å²) >= 11 is 0. The lowest BCUT2D eigenvalue weighted by Gasteiger charge is -2.11. The Bertz CT molecular complexity index is 773. The molecule has 0 spiro atoms. The monoisotopic (exact) mass is 324 g/mol. The third-order valence-corrected chi connectivity index (χ3v) is 5.08. The van der Waals surface area contributed by atoms with Crippen molar-refractivity contribution in [2.75, 3.05) is 19.3 Å². The lowest BCUT2D eigenvalue weighted by atomic mass is 10.1. The van der Waals surface area contributed by atoms with E-state index >= 15 is 0 Å². The number of aromatic nitrogens is 1. The molecular formula is C15H17FN2O3S. The summed E-state index contributed by atoms with van der Waals surface area (Å²) in [7, 11) is -3.17. The van der Waals surface area contributed by atoms with Crippen LogP contribution in [0.1, 0.15) is 29.6 Å². The van der Waals surface area contributed by atoms with Gasteiger partial charge in [0.1, 0.15) is 11.6 Å². The van der Waals surface area contributed by atoms with E-state index in [1.54, 1.807) is 12.3 Å². The third-order valence-electron chi connectivity index (χ3n) is 3.81. The minimum Gasteiger partial charge on any atom is -0.445 e. The minimum atomic E-state index is -3.17. The van der Waals surface area contributed by atoms with Crippen molar-refractivity contribution in [3.63, 3.8) is 0 Å². The van der Waals surface area contributed by atoms with E-state index in [-0.39, 0.29) is 11.7 Å². The van der Waals surface area contributed by atoms with Crippen molar-refractivity contribution in [2.45, 2.75) is 18.8 Å². The average molecular weight is 324 g/mol. The first-order chi connectivity index (χ1) is 10.4. The van der Waals surface area contributed by atoms with Crippen LogP contribution in [-0.2, 0) is 16.4 Å². The number of hydrogen-bond donors (Lipinski definition) is 0. The molecule has 0 saturated carbocycles. The first-order valence-corrected chi connectivity index (χ1v) is 8.91. The molecule has 0 bridgehead atoms. The number of rotatable bonds is 4. The Morgan fingerprint density at radius 2 is 2.27 bits per heavy atom. The zero-order chi connectivity index (χ0) is 15.7. The van der Waals surface area contributed by atoms with Crippen LogP contribution in [0.5, 0.6) is 0 Å². The van der Waals surface area contributed by atoms with Crippen molar-refractivity contribution in [1.82, 2.24) is 9.29 Å². The van der Waals surface area contributed by atoms with E-state index in [1.165, 1.54) is 22.7 Å². The molecule has 118 valence electrons. The zero-order valence-corrected chi connectivity index (χ0v) is 13.0. The Morgan fingerprint density at radius 1 is 1.45 bits per heavy atom. The summed E-state index contributed by atoms with van der Waals surface area (Å²) in [5.74, 6) is 0.906. The molecule has 1 aromatic heterocycles. The highest BCUT2D eigenvalue weighted by atomic mass is 32.2. The molecule has 22 heavy (non-hydrogen) atoms. The average Bonchev–Trinajstić information content (AvgIpc) is 3.06. The van der Waals surface area contributed by atoms with Crippen molar-refractivity contribution in [2.24, 2.45) is 0 Å². The molecule has 1 aromatic carbocycles. The number of halogens is 1. The summed E-state index contributed by atoms with van der Waals surface area (Å²) in [5, 5.41) is 0. The summed E-state index contributed by atoms with van der Waals surface area (Å²) in [6.07, 6.45) is 4.00. The van der Waals surface area contributed by atoms with Crippen LogP contribution < -0.4 is 0 Å². The molecule has 0 amide bonds. The first kappa shape index (κ1) is 15.2. The van der Waals surface area contributed by atoms with Crippen LogP contribution in [0.15, 0.2) is 34.9 Å². The van der Waals surface area contributed by atoms with Crippen LogP contribution in [0.2, 0.25) is 0 Å². The standard InChI is InChI=1S/C15H17FN2O3S/c1-22(19,20)18-6-5-12(10-18)15-17-9-14(21-15)8-11-3-2-4-13(16)7-11/h2-4,7,9,12H,5-6,8,10H2,1H3/t12-/m0/s1. The van der Waals surface area contributed by atoms with Crippen molar-refractivity contribution in [1.29, 1.82) is 0 Å². The zero-order valence-electron chi connectivity index (χ0n) is 12.2. The molecular weight excluding hydrogens is 307 g/mol. The molecule has 3 rings (SSSR count). The highest BCUT2D eigenvalue weighted by molar-refractivity contribution is 7.88. The maximum atomic E-state index is 13.2. The van der Waals surface area contributed by atoms with E-state index in [2.05, 4.69) is 4.98 Å². The third kappa shape index (κ3) is 3.36. The quantitative estimate of drug-likeness (QED) is 0.864. The van der Waals surface area contributed by atoms with Gasteiger partial charge >= 0.3 is 0 Å². The van der Waals surface area contributed by atoms with Crippen LogP contribution in [0.3, 0.4) is 0 Å². The molecule has 0 unspecified atom stereocenters. The summed E-state index contributed by atoms with van der Waals surface area (Å²) in [6, 6.07) is 6.34. The second-order valence-corrected chi connectivity index (χ2v) is 7.56. The smallest absolute Gasteiger partial charge is 0.211 e. The number of hydrogen-bond acceptors (Lipinski definition) is 4. The fraction of sp³-hybridized carbons (Fsp3) is 0.400. The van der Waals surface area contributed by atoms with E-state index in [0.717, 1.165) is 5.56 Å². The van der Waals surface area contributed by atoms with Crippen LogP contribution in [0.4, 0.5) is 4.39 Å². The predicted molar refractivity (Wildman–Crippen MR) is 79.5 cm³/mol. The van der Waals surface area contributed by atoms with E-state index in [9.17, 15) is 12.8 Å². The molecule has 1 aliphatic rings. The van der Waals surface area contributed by atoms with E-state index in [1.807, 2.05) is 6.07 Å². The second kappa shape index (κ2) is 5.81. The number of benzene rings is 1. The predicted octanol–water partition coefficient (Wildman–Crippen LogP) is 2.15. The molecule has 7 heteroatoms. The molecule has 0 N–H and O–H groups in total. The first-order valence-electron chi connectivity index (χ1n) is 7.06. The fourth-order valence-electron chi connectivity index (χ4n) is 2.67. The second-order valence-electron chi connectivity index (χ2n) is 5.58. The summed E-state index contributed by atoms with van der Waals surface area (Å²) in [6.45, 7) is 0.893. The van der Waals surface area contributed by atoms with Crippen molar-refractivity contribution in [3.05, 3.63) is 53.5 Å². The van der Waals surface area contributed by atoms with Crippen molar-refractivity contribution in [3.8, 4) is 0 Å². The number of sulfonamides is 1. The van der Waals surface area contributed by atoms with Gasteiger partial charge < -0.3 is 4.42 Å². The van der Waals surface area contributed by atoms with Crippen molar-refractivity contribution < 1.29 is 17.2 Å². The van der Waals surface area contributed by atoms with Gasteiger partial charge in [-0.1, -0.05) is 12.1 Å². The van der Waals surface area contributed by atoms with E-state index < -0.39 is 10.0 Å². The molecule has 1 atom stereocenters. The highest BCUT2D eigenvalue weighted by Gasteiger charge is 2.32. The maximum absolute atomic E-state index is 13.2. The molecule has 2 aromatic rings. The van der Waals surface area contributed by atoms with Gasteiger partial charge in [0.2, 0.25) is 10.0 Å². The highest BCUT2D eigenvalue weighted by Crippen LogP contribution is 2.28. The van der Waals surface area contributed by atoms with Gasteiger partial charge in [0.15, 0.2) is 5.89 Å². The molecule has 0 aliphatic carbocycles. The van der Waals surface area contributed by atoms with Crippen LogP contribution in [0.25, 0.3) is 0 Å². The molecule has 5 nitrogen and oxygen atoms in total. The Hall–Kier alpha value is -1.73. The Kier molecular flexibility index (Phi) is 4.01. The van der Waals surface area contributed by atoms with Crippen LogP contribution in [0, 0.1) is 5.82 Å². The van der Waals surface area contributed by atoms with E-state index in [0.29, 0.717) is 37.6 Å². The Morgan fingerprint density at radius 3 is 2.95 bits per heavy atom. The van der Waals surface area contributed by atoms with Gasteiger partial charge in [0.05, 0.1) is 18.4 Å². The van der Waals surface area contributed by atoms with Gasteiger partial charge in [-0.05, 0) is 24.1 Å². The van der Waals surface area contributed by atoms with Gasteiger partial charge in [0.25, 0.3) is 0 Å². The lowest BCUT2D eigenvalue weighted by molar-refractivity contribution is 0.418. The van der Waals surface area contributed by atoms with Gasteiger partial charge in [-0.15, -0.1) is 0 Å². The SMILES string of the molecule is CS(=O)(=O)N1CC[C@H](c2ncc(Cc3cccc(F)c3)o2)C1. The number of oxazole rings is 1. The molecule has 1 fully saturated rings. The topological polar surface area (TPSA) is 63.4 Å².